The van der Waals surface area contributed by atoms with Crippen molar-refractivity contribution in [2.24, 2.45) is 7.05 Å². The quantitative estimate of drug-likeness (QED) is 0.648. The molecule has 8 heteroatoms. The molecule has 0 radical (unpaired) electrons. The van der Waals surface area contributed by atoms with Gasteiger partial charge in [-0.2, -0.15) is 0 Å². The second-order valence-electron chi connectivity index (χ2n) is 5.71. The fraction of sp³-hybridized carbons (Fsp3) is 0.167. The van der Waals surface area contributed by atoms with Crippen LogP contribution in [0, 0.1) is 6.92 Å². The number of aromatic nitrogens is 3. The molecule has 0 unspecified atom stereocenters. The highest BCUT2D eigenvalue weighted by Crippen LogP contribution is 2.25. The van der Waals surface area contributed by atoms with Gasteiger partial charge in [0.25, 0.3) is 0 Å². The first-order valence-electron chi connectivity index (χ1n) is 7.81. The Balaban J connectivity index is 1.65. The maximum Gasteiger partial charge on any atom is 0.234 e. The van der Waals surface area contributed by atoms with Crippen molar-refractivity contribution in [3.8, 4) is 17.1 Å². The van der Waals surface area contributed by atoms with Crippen molar-refractivity contribution in [3.63, 3.8) is 0 Å². The Bertz CT molecular complexity index is 941. The lowest BCUT2D eigenvalue weighted by Gasteiger charge is -2.08. The van der Waals surface area contributed by atoms with E-state index in [9.17, 15) is 9.90 Å². The third-order valence-corrected chi connectivity index (χ3v) is 5.02. The van der Waals surface area contributed by atoms with E-state index < -0.39 is 0 Å². The van der Waals surface area contributed by atoms with E-state index in [1.807, 2.05) is 24.6 Å². The zero-order chi connectivity index (χ0) is 18.7. The lowest BCUT2D eigenvalue weighted by Crippen LogP contribution is -2.15. The van der Waals surface area contributed by atoms with E-state index in [0.29, 0.717) is 21.7 Å². The van der Waals surface area contributed by atoms with Gasteiger partial charge in [-0.1, -0.05) is 29.4 Å². The summed E-state index contributed by atoms with van der Waals surface area (Å²) in [5.74, 6) is 0.916. The summed E-state index contributed by atoms with van der Waals surface area (Å²) in [5, 5.41) is 21.7. The molecule has 0 atom stereocenters. The van der Waals surface area contributed by atoms with E-state index in [1.165, 1.54) is 11.8 Å². The lowest BCUT2D eigenvalue weighted by molar-refractivity contribution is -0.113. The first-order valence-corrected chi connectivity index (χ1v) is 9.18. The number of phenols is 1. The Morgan fingerprint density at radius 2 is 1.96 bits per heavy atom. The molecule has 3 rings (SSSR count). The number of amides is 1. The summed E-state index contributed by atoms with van der Waals surface area (Å²) in [4.78, 5) is 12.2. The molecule has 0 fully saturated rings. The maximum atomic E-state index is 12.2. The second kappa shape index (κ2) is 7.80. The number of hydrogen-bond donors (Lipinski definition) is 2. The first-order chi connectivity index (χ1) is 12.4. The number of benzene rings is 2. The highest BCUT2D eigenvalue weighted by molar-refractivity contribution is 7.99. The Labute approximate surface area is 160 Å². The molecule has 1 amide bonds. The molecule has 1 heterocycles. The van der Waals surface area contributed by atoms with Gasteiger partial charge >= 0.3 is 0 Å². The van der Waals surface area contributed by atoms with Crippen LogP contribution in [0.1, 0.15) is 5.56 Å². The van der Waals surface area contributed by atoms with Gasteiger partial charge in [0.2, 0.25) is 5.91 Å². The molecule has 3 aromatic rings. The highest BCUT2D eigenvalue weighted by Gasteiger charge is 2.13. The Morgan fingerprint density at radius 3 is 2.69 bits per heavy atom. The molecule has 0 saturated heterocycles. The molecule has 2 aromatic carbocycles. The number of phenolic OH excluding ortho intramolecular Hbond substituents is 1. The van der Waals surface area contributed by atoms with Crippen LogP contribution in [0.3, 0.4) is 0 Å². The van der Waals surface area contributed by atoms with Crippen LogP contribution in [0.15, 0.2) is 47.6 Å². The summed E-state index contributed by atoms with van der Waals surface area (Å²) in [6, 6.07) is 12.1. The number of carbonyl (C=O) groups excluding carboxylic acids is 1. The number of halogens is 1. The van der Waals surface area contributed by atoms with Crippen molar-refractivity contribution in [1.82, 2.24) is 14.8 Å². The lowest BCUT2D eigenvalue weighted by atomic mass is 10.2. The van der Waals surface area contributed by atoms with E-state index in [-0.39, 0.29) is 17.4 Å². The fourth-order valence-electron chi connectivity index (χ4n) is 2.35. The van der Waals surface area contributed by atoms with Gasteiger partial charge in [-0.25, -0.2) is 0 Å². The van der Waals surface area contributed by atoms with Crippen molar-refractivity contribution in [2.75, 3.05) is 11.1 Å². The molecular formula is C18H17ClN4O2S. The van der Waals surface area contributed by atoms with Crippen molar-refractivity contribution in [2.45, 2.75) is 12.1 Å². The number of carbonyl (C=O) groups is 1. The molecule has 0 aliphatic carbocycles. The Kier molecular flexibility index (Phi) is 5.49. The van der Waals surface area contributed by atoms with Gasteiger partial charge in [-0.15, -0.1) is 10.2 Å². The maximum absolute atomic E-state index is 12.2. The monoisotopic (exact) mass is 388 g/mol. The summed E-state index contributed by atoms with van der Waals surface area (Å²) in [6.45, 7) is 1.91. The number of nitrogens with zero attached hydrogens (tertiary/aromatic N) is 3. The molecule has 0 spiro atoms. The van der Waals surface area contributed by atoms with Crippen LogP contribution in [-0.4, -0.2) is 31.5 Å². The third-order valence-electron chi connectivity index (χ3n) is 3.77. The number of aryl methyl sites for hydroxylation is 1. The van der Waals surface area contributed by atoms with Gasteiger partial charge in [0, 0.05) is 23.3 Å². The van der Waals surface area contributed by atoms with Gasteiger partial charge in [0.1, 0.15) is 5.75 Å². The zero-order valence-corrected chi connectivity index (χ0v) is 15.8. The van der Waals surface area contributed by atoms with Gasteiger partial charge in [-0.05, 0) is 48.9 Å². The first kappa shape index (κ1) is 18.3. The van der Waals surface area contributed by atoms with Crippen molar-refractivity contribution in [1.29, 1.82) is 0 Å². The molecule has 0 aliphatic heterocycles. The predicted molar refractivity (Wildman–Crippen MR) is 104 cm³/mol. The van der Waals surface area contributed by atoms with E-state index in [2.05, 4.69) is 15.5 Å². The molecular weight excluding hydrogens is 372 g/mol. The van der Waals surface area contributed by atoms with E-state index in [4.69, 9.17) is 11.6 Å². The number of rotatable bonds is 5. The number of anilines is 1. The average Bonchev–Trinajstić information content (AvgIpc) is 2.98. The van der Waals surface area contributed by atoms with Crippen LogP contribution in [0.2, 0.25) is 5.02 Å². The molecule has 0 saturated carbocycles. The molecule has 134 valence electrons. The van der Waals surface area contributed by atoms with E-state index >= 15 is 0 Å². The van der Waals surface area contributed by atoms with Crippen LogP contribution in [-0.2, 0) is 11.8 Å². The van der Waals surface area contributed by atoms with Crippen molar-refractivity contribution < 1.29 is 9.90 Å². The van der Waals surface area contributed by atoms with Gasteiger partial charge in [0.15, 0.2) is 11.0 Å². The molecule has 6 nitrogen and oxygen atoms in total. The molecule has 0 aliphatic rings. The summed E-state index contributed by atoms with van der Waals surface area (Å²) < 4.78 is 1.81. The van der Waals surface area contributed by atoms with Crippen LogP contribution in [0.4, 0.5) is 5.69 Å². The normalized spacial score (nSPS) is 10.7. The highest BCUT2D eigenvalue weighted by atomic mass is 35.5. The molecule has 0 bridgehead atoms. The van der Waals surface area contributed by atoms with Crippen LogP contribution < -0.4 is 5.32 Å². The minimum atomic E-state index is -0.144. The van der Waals surface area contributed by atoms with Crippen molar-refractivity contribution in [3.05, 3.63) is 53.1 Å². The van der Waals surface area contributed by atoms with Crippen LogP contribution in [0.25, 0.3) is 11.4 Å². The second-order valence-corrected chi connectivity index (χ2v) is 7.09. The Hall–Kier alpha value is -2.51. The predicted octanol–water partition coefficient (Wildman–Crippen LogP) is 3.88. The number of thioether (sulfide) groups is 1. The molecule has 26 heavy (non-hydrogen) atoms. The summed E-state index contributed by atoms with van der Waals surface area (Å²) in [7, 11) is 1.84. The summed E-state index contributed by atoms with van der Waals surface area (Å²) in [5.41, 5.74) is 2.48. The van der Waals surface area contributed by atoms with Gasteiger partial charge < -0.3 is 15.0 Å². The molecule has 1 aromatic heterocycles. The van der Waals surface area contributed by atoms with Crippen molar-refractivity contribution >= 4 is 35.0 Å². The summed E-state index contributed by atoms with van der Waals surface area (Å²) in [6.07, 6.45) is 0. The summed E-state index contributed by atoms with van der Waals surface area (Å²) >= 11 is 7.27. The van der Waals surface area contributed by atoms with Gasteiger partial charge in [0.05, 0.1) is 5.75 Å². The Morgan fingerprint density at radius 1 is 1.23 bits per heavy atom. The SMILES string of the molecule is Cc1ccc(Cl)cc1NC(=O)CSc1nnc(-c2ccc(O)cc2)n1C. The smallest absolute Gasteiger partial charge is 0.234 e. The minimum absolute atomic E-state index is 0.144. The van der Waals surface area contributed by atoms with E-state index in [1.54, 1.807) is 36.4 Å². The zero-order valence-electron chi connectivity index (χ0n) is 14.2. The largest absolute Gasteiger partial charge is 0.508 e. The topological polar surface area (TPSA) is 80.0 Å². The average molecular weight is 389 g/mol. The van der Waals surface area contributed by atoms with Crippen LogP contribution in [0.5, 0.6) is 5.75 Å². The standard InChI is InChI=1S/C18H17ClN4O2S/c1-11-3-6-13(19)9-15(11)20-16(25)10-26-18-22-21-17(23(18)2)12-4-7-14(24)8-5-12/h3-9,24H,10H2,1-2H3,(H,20,25). The van der Waals surface area contributed by atoms with Crippen LogP contribution >= 0.6 is 23.4 Å². The fourth-order valence-corrected chi connectivity index (χ4v) is 3.23. The molecule has 2 N–H and O–H groups in total. The number of nitrogens with one attached hydrogen (secondary N) is 1. The third kappa shape index (κ3) is 4.17. The number of hydrogen-bond acceptors (Lipinski definition) is 5. The van der Waals surface area contributed by atoms with Gasteiger partial charge in [-0.3, -0.25) is 4.79 Å². The minimum Gasteiger partial charge on any atom is -0.508 e. The number of aromatic hydroxyl groups is 1. The van der Waals surface area contributed by atoms with E-state index in [0.717, 1.165) is 11.1 Å².